The van der Waals surface area contributed by atoms with Crippen LogP contribution >= 0.6 is 0 Å². The van der Waals surface area contributed by atoms with Crippen molar-refractivity contribution in [1.29, 1.82) is 0 Å². The third kappa shape index (κ3) is 2.57. The van der Waals surface area contributed by atoms with Gasteiger partial charge in [0.05, 0.1) is 0 Å². The molecule has 0 aromatic heterocycles. The molecule has 0 aliphatic rings. The molecule has 0 radical (unpaired) electrons. The summed E-state index contributed by atoms with van der Waals surface area (Å²) in [6.45, 7) is 0. The average molecular weight is 116 g/mol. The van der Waals surface area contributed by atoms with Gasteiger partial charge in [0, 0.05) is 5.69 Å². The van der Waals surface area contributed by atoms with Crippen LogP contribution in [0.2, 0.25) is 0 Å². The molecule has 0 heterocycles. The van der Waals surface area contributed by atoms with Crippen molar-refractivity contribution in [1.82, 2.24) is 0 Å². The van der Waals surface area contributed by atoms with Crippen LogP contribution in [0.4, 0.5) is 5.69 Å². The zero-order chi connectivity index (χ0) is 5.82. The Bertz CT molecular complexity index is 157. The van der Waals surface area contributed by atoms with E-state index in [0.29, 0.717) is 0 Å². The molecule has 0 saturated heterocycles. The van der Waals surface area contributed by atoms with E-state index in [4.69, 9.17) is 5.84 Å². The van der Waals surface area contributed by atoms with Gasteiger partial charge in [-0.05, 0) is 12.1 Å². The Morgan fingerprint density at radius 1 is 1.22 bits per heavy atom. The van der Waals surface area contributed by atoms with Gasteiger partial charge in [0.15, 0.2) is 0 Å². The zero-order valence-corrected chi connectivity index (χ0v) is 5.46. The van der Waals surface area contributed by atoms with E-state index in [1.807, 2.05) is 30.3 Å². The van der Waals surface area contributed by atoms with Crippen LogP contribution < -0.4 is 30.1 Å². The quantitative estimate of drug-likeness (QED) is 0.255. The van der Waals surface area contributed by atoms with E-state index >= 15 is 0 Å². The molecule has 1 rings (SSSR count). The van der Waals surface area contributed by atoms with Crippen molar-refractivity contribution in [2.75, 3.05) is 5.43 Å². The Hall–Kier alpha value is -0.423. The molecule has 0 aliphatic carbocycles. The second-order valence-electron chi connectivity index (χ2n) is 1.51. The molecule has 3 heteroatoms. The van der Waals surface area contributed by atoms with Gasteiger partial charge < -0.3 is 6.85 Å². The third-order valence-electron chi connectivity index (χ3n) is 0.940. The average Bonchev–Trinajstić information content (AvgIpc) is 1.90. The van der Waals surface area contributed by atoms with Gasteiger partial charge in [0.25, 0.3) is 0 Å². The molecule has 0 spiro atoms. The van der Waals surface area contributed by atoms with E-state index in [1.54, 1.807) is 0 Å². The Morgan fingerprint density at radius 3 is 2.11 bits per heavy atom. The maximum atomic E-state index is 5.10. The molecule has 1 aromatic carbocycles. The monoisotopic (exact) mass is 116 g/mol. The molecule has 9 heavy (non-hydrogen) atoms. The van der Waals surface area contributed by atoms with Gasteiger partial charge in [-0.3, -0.25) is 5.84 Å². The summed E-state index contributed by atoms with van der Waals surface area (Å²) >= 11 is 0. The second kappa shape index (κ2) is 4.46. The predicted octanol–water partition coefficient (Wildman–Crippen LogP) is -1.91. The molecule has 44 valence electrons. The van der Waals surface area contributed by atoms with Gasteiger partial charge in [-0.2, -0.15) is 0 Å². The second-order valence-corrected chi connectivity index (χ2v) is 1.51. The van der Waals surface area contributed by atoms with Crippen LogP contribution in [-0.4, -0.2) is 0 Å². The molecule has 0 atom stereocenters. The number of nitrogens with two attached hydrogens (primary N) is 1. The normalized spacial score (nSPS) is 7.67. The number of rotatable bonds is 1. The summed E-state index contributed by atoms with van der Waals surface area (Å²) in [4.78, 5) is 0. The third-order valence-corrected chi connectivity index (χ3v) is 0.940. The van der Waals surface area contributed by atoms with Crippen LogP contribution in [0.5, 0.6) is 0 Å². The molecule has 0 aliphatic heterocycles. The van der Waals surface area contributed by atoms with E-state index in [0.717, 1.165) is 5.69 Å². The number of benzene rings is 1. The molecule has 1 aromatic rings. The van der Waals surface area contributed by atoms with Crippen molar-refractivity contribution in [3.63, 3.8) is 0 Å². The molecule has 0 bridgehead atoms. The fourth-order valence-electron chi connectivity index (χ4n) is 0.534. The standard InChI is InChI=1S/C6H8N2.Li.H/c7-8-6-4-2-1-3-5-6;;/h1-5,8H,7H2;;/q;+1;-1. The van der Waals surface area contributed by atoms with Crippen molar-refractivity contribution in [3.05, 3.63) is 30.3 Å². The van der Waals surface area contributed by atoms with Gasteiger partial charge in [-0.25, -0.2) is 0 Å². The fraction of sp³-hybridized carbons (Fsp3) is 0. The summed E-state index contributed by atoms with van der Waals surface area (Å²) in [7, 11) is 0. The molecular weight excluding hydrogens is 107 g/mol. The van der Waals surface area contributed by atoms with E-state index in [2.05, 4.69) is 5.43 Å². The first-order valence-electron chi connectivity index (χ1n) is 2.45. The largest absolute Gasteiger partial charge is 1.00 e. The molecule has 0 saturated carbocycles. The Morgan fingerprint density at radius 2 is 1.78 bits per heavy atom. The Labute approximate surface area is 68.1 Å². The number of hydrogen-bond acceptors (Lipinski definition) is 2. The number of hydrogen-bond donors (Lipinski definition) is 2. The number of para-hydroxylation sites is 1. The van der Waals surface area contributed by atoms with Gasteiger partial charge in [-0.15, -0.1) is 0 Å². The molecular formula is C6H9LiN2. The van der Waals surface area contributed by atoms with Crippen LogP contribution in [-0.2, 0) is 0 Å². The minimum absolute atomic E-state index is 0. The molecule has 3 N–H and O–H groups in total. The summed E-state index contributed by atoms with van der Waals surface area (Å²) in [5.74, 6) is 5.10. The molecule has 0 fully saturated rings. The van der Waals surface area contributed by atoms with Gasteiger partial charge in [0.1, 0.15) is 0 Å². The maximum Gasteiger partial charge on any atom is 1.00 e. The zero-order valence-electron chi connectivity index (χ0n) is 6.46. The van der Waals surface area contributed by atoms with Crippen molar-refractivity contribution in [3.8, 4) is 0 Å². The van der Waals surface area contributed by atoms with Crippen molar-refractivity contribution in [2.45, 2.75) is 0 Å². The summed E-state index contributed by atoms with van der Waals surface area (Å²) in [6, 6.07) is 9.60. The van der Waals surface area contributed by atoms with E-state index in [9.17, 15) is 0 Å². The van der Waals surface area contributed by atoms with Gasteiger partial charge >= 0.3 is 18.9 Å². The molecule has 2 nitrogen and oxygen atoms in total. The topological polar surface area (TPSA) is 38.0 Å². The smallest absolute Gasteiger partial charge is 1.00 e. The first-order chi connectivity index (χ1) is 3.93. The number of anilines is 1. The van der Waals surface area contributed by atoms with Crippen molar-refractivity contribution in [2.24, 2.45) is 5.84 Å². The Kier molecular flexibility index (Phi) is 4.25. The van der Waals surface area contributed by atoms with E-state index in [1.165, 1.54) is 0 Å². The summed E-state index contributed by atoms with van der Waals surface area (Å²) < 4.78 is 0. The molecule has 0 unspecified atom stereocenters. The Balaban J connectivity index is 0. The minimum Gasteiger partial charge on any atom is -1.00 e. The SMILES string of the molecule is NNc1ccccc1.[H-].[Li+]. The summed E-state index contributed by atoms with van der Waals surface area (Å²) in [5.41, 5.74) is 3.46. The maximum absolute atomic E-state index is 5.10. The summed E-state index contributed by atoms with van der Waals surface area (Å²) in [6.07, 6.45) is 0. The van der Waals surface area contributed by atoms with Crippen LogP contribution in [0.15, 0.2) is 30.3 Å². The predicted molar refractivity (Wildman–Crippen MR) is 35.4 cm³/mol. The van der Waals surface area contributed by atoms with Crippen LogP contribution in [0.3, 0.4) is 0 Å². The van der Waals surface area contributed by atoms with Crippen molar-refractivity contribution >= 4 is 5.69 Å². The number of hydrazine groups is 1. The molecule has 0 amide bonds. The fourth-order valence-corrected chi connectivity index (χ4v) is 0.534. The van der Waals surface area contributed by atoms with Crippen LogP contribution in [0.1, 0.15) is 1.43 Å². The number of nitrogen functional groups attached to an aromatic ring is 1. The first-order valence-corrected chi connectivity index (χ1v) is 2.45. The van der Waals surface area contributed by atoms with E-state index in [-0.39, 0.29) is 20.3 Å². The summed E-state index contributed by atoms with van der Waals surface area (Å²) in [5, 5.41) is 0. The van der Waals surface area contributed by atoms with Crippen LogP contribution in [0, 0.1) is 0 Å². The van der Waals surface area contributed by atoms with Crippen LogP contribution in [0.25, 0.3) is 0 Å². The van der Waals surface area contributed by atoms with Gasteiger partial charge in [-0.1, -0.05) is 18.2 Å². The first kappa shape index (κ1) is 8.58. The van der Waals surface area contributed by atoms with E-state index < -0.39 is 0 Å². The number of nitrogens with one attached hydrogen (secondary N) is 1. The van der Waals surface area contributed by atoms with Crippen molar-refractivity contribution < 1.29 is 20.3 Å². The minimum atomic E-state index is 0. The van der Waals surface area contributed by atoms with Gasteiger partial charge in [0.2, 0.25) is 0 Å².